The van der Waals surface area contributed by atoms with Crippen LogP contribution in [0.25, 0.3) is 0 Å². The van der Waals surface area contributed by atoms with Crippen molar-refractivity contribution in [3.8, 4) is 5.75 Å². The first-order chi connectivity index (χ1) is 11.2. The zero-order valence-corrected chi connectivity index (χ0v) is 16.1. The van der Waals surface area contributed by atoms with Gasteiger partial charge in [-0.1, -0.05) is 26.8 Å². The average molecular weight is 331 g/mol. The molecule has 3 rings (SSSR count). The van der Waals surface area contributed by atoms with E-state index in [-0.39, 0.29) is 0 Å². The first kappa shape index (κ1) is 17.6. The lowest BCUT2D eigenvalue weighted by molar-refractivity contribution is 0.120. The molecule has 3 nitrogen and oxygen atoms in total. The van der Waals surface area contributed by atoms with Crippen molar-refractivity contribution in [1.29, 1.82) is 0 Å². The highest BCUT2D eigenvalue weighted by Gasteiger charge is 2.50. The van der Waals surface area contributed by atoms with Crippen LogP contribution in [0.5, 0.6) is 5.75 Å². The second kappa shape index (κ2) is 6.25. The second-order valence-corrected chi connectivity index (χ2v) is 9.24. The topological polar surface area (TPSA) is 38.5 Å². The zero-order chi connectivity index (χ0) is 17.5. The fraction of sp³-hybridized carbons (Fsp3) is 0.714. The van der Waals surface area contributed by atoms with Gasteiger partial charge in [-0.3, -0.25) is 4.90 Å². The van der Waals surface area contributed by atoms with Gasteiger partial charge < -0.3 is 10.5 Å². The normalized spacial score (nSPS) is 30.3. The molecule has 2 fully saturated rings. The van der Waals surface area contributed by atoms with Crippen molar-refractivity contribution in [1.82, 2.24) is 4.90 Å². The van der Waals surface area contributed by atoms with Crippen LogP contribution in [0, 0.1) is 10.8 Å². The molecule has 1 saturated carbocycles. The van der Waals surface area contributed by atoms with Gasteiger partial charge in [0.1, 0.15) is 5.75 Å². The van der Waals surface area contributed by atoms with Crippen LogP contribution in [-0.4, -0.2) is 30.1 Å². The molecule has 2 bridgehead atoms. The second-order valence-electron chi connectivity index (χ2n) is 9.24. The minimum Gasteiger partial charge on any atom is -0.492 e. The van der Waals surface area contributed by atoms with E-state index >= 15 is 0 Å². The summed E-state index contributed by atoms with van der Waals surface area (Å²) < 4.78 is 5.55. The number of hydrogen-bond acceptors (Lipinski definition) is 3. The van der Waals surface area contributed by atoms with Gasteiger partial charge in [-0.25, -0.2) is 0 Å². The van der Waals surface area contributed by atoms with Crippen LogP contribution in [-0.2, 0) is 6.42 Å². The molecule has 1 aromatic carbocycles. The Balaban J connectivity index is 1.69. The molecule has 0 aromatic heterocycles. The first-order valence-electron chi connectivity index (χ1n) is 9.48. The lowest BCUT2D eigenvalue weighted by Gasteiger charge is -2.40. The number of likely N-dealkylation sites (tertiary alicyclic amines) is 1. The third kappa shape index (κ3) is 3.56. The first-order valence-corrected chi connectivity index (χ1v) is 9.48. The van der Waals surface area contributed by atoms with Crippen LogP contribution in [0.4, 0.5) is 5.69 Å². The van der Waals surface area contributed by atoms with E-state index in [4.69, 9.17) is 10.5 Å². The fourth-order valence-corrected chi connectivity index (χ4v) is 5.49. The Morgan fingerprint density at radius 3 is 2.71 bits per heavy atom. The molecule has 2 aliphatic rings. The number of rotatable bonds is 5. The van der Waals surface area contributed by atoms with Crippen LogP contribution >= 0.6 is 0 Å². The molecule has 3 heteroatoms. The van der Waals surface area contributed by atoms with E-state index in [1.807, 2.05) is 13.0 Å². The standard InChI is InChI=1S/C21H34N2O/c1-6-24-19-8-7-16(10-18(19)22)9-15(2)23-14-21(5)12-17(23)11-20(3,4)13-21/h7-8,10,15,17H,6,9,11-14,22H2,1-5H3. The van der Waals surface area contributed by atoms with Gasteiger partial charge in [0.2, 0.25) is 0 Å². The van der Waals surface area contributed by atoms with E-state index in [2.05, 4.69) is 44.7 Å². The summed E-state index contributed by atoms with van der Waals surface area (Å²) in [6.45, 7) is 13.6. The van der Waals surface area contributed by atoms with Crippen LogP contribution in [0.2, 0.25) is 0 Å². The van der Waals surface area contributed by atoms with Crippen molar-refractivity contribution in [3.63, 3.8) is 0 Å². The minimum absolute atomic E-state index is 0.482. The van der Waals surface area contributed by atoms with Gasteiger partial charge in [0.15, 0.2) is 0 Å². The lowest BCUT2D eigenvalue weighted by atomic mass is 9.65. The molecule has 0 radical (unpaired) electrons. The van der Waals surface area contributed by atoms with Crippen molar-refractivity contribution >= 4 is 5.69 Å². The molecule has 1 aliphatic carbocycles. The highest BCUT2D eigenvalue weighted by Crippen LogP contribution is 2.53. The molecule has 1 heterocycles. The molecular weight excluding hydrogens is 296 g/mol. The van der Waals surface area contributed by atoms with E-state index in [0.717, 1.165) is 23.9 Å². The maximum atomic E-state index is 6.14. The van der Waals surface area contributed by atoms with Crippen molar-refractivity contribution in [2.24, 2.45) is 10.8 Å². The minimum atomic E-state index is 0.482. The number of nitrogens with zero attached hydrogens (tertiary/aromatic N) is 1. The van der Waals surface area contributed by atoms with Gasteiger partial charge in [0.05, 0.1) is 12.3 Å². The monoisotopic (exact) mass is 330 g/mol. The van der Waals surface area contributed by atoms with Crippen LogP contribution in [0.15, 0.2) is 18.2 Å². The van der Waals surface area contributed by atoms with Gasteiger partial charge in [0.25, 0.3) is 0 Å². The maximum absolute atomic E-state index is 6.14. The Kier molecular flexibility index (Phi) is 4.59. The Morgan fingerprint density at radius 2 is 2.04 bits per heavy atom. The Hall–Kier alpha value is -1.22. The number of fused-ring (bicyclic) bond motifs is 2. The summed E-state index contributed by atoms with van der Waals surface area (Å²) in [5.74, 6) is 0.806. The number of anilines is 1. The smallest absolute Gasteiger partial charge is 0.142 e. The highest BCUT2D eigenvalue weighted by molar-refractivity contribution is 5.54. The number of ether oxygens (including phenoxy) is 1. The van der Waals surface area contributed by atoms with Crippen LogP contribution < -0.4 is 10.5 Å². The summed E-state index contributed by atoms with van der Waals surface area (Å²) in [6.07, 6.45) is 5.11. The summed E-state index contributed by atoms with van der Waals surface area (Å²) in [7, 11) is 0. The summed E-state index contributed by atoms with van der Waals surface area (Å²) in [6, 6.07) is 7.59. The molecular formula is C21H34N2O. The van der Waals surface area contributed by atoms with Gasteiger partial charge >= 0.3 is 0 Å². The predicted octanol–water partition coefficient (Wildman–Crippen LogP) is 4.50. The Bertz CT molecular complexity index is 598. The molecule has 134 valence electrons. The highest BCUT2D eigenvalue weighted by atomic mass is 16.5. The van der Waals surface area contributed by atoms with Gasteiger partial charge in [-0.15, -0.1) is 0 Å². The largest absolute Gasteiger partial charge is 0.492 e. The molecule has 1 aliphatic heterocycles. The Morgan fingerprint density at radius 1 is 1.29 bits per heavy atom. The Labute approximate surface area is 147 Å². The number of hydrogen-bond donors (Lipinski definition) is 1. The summed E-state index contributed by atoms with van der Waals surface area (Å²) in [5, 5.41) is 0. The molecule has 3 atom stereocenters. The third-order valence-electron chi connectivity index (χ3n) is 5.93. The van der Waals surface area contributed by atoms with Gasteiger partial charge in [-0.2, -0.15) is 0 Å². The lowest BCUT2D eigenvalue weighted by Crippen LogP contribution is -2.40. The predicted molar refractivity (Wildman–Crippen MR) is 101 cm³/mol. The molecule has 2 N–H and O–H groups in total. The van der Waals surface area contributed by atoms with E-state index in [1.165, 1.54) is 31.4 Å². The maximum Gasteiger partial charge on any atom is 0.142 e. The quantitative estimate of drug-likeness (QED) is 0.808. The number of nitrogen functional groups attached to an aromatic ring is 1. The van der Waals surface area contributed by atoms with E-state index < -0.39 is 0 Å². The fourth-order valence-electron chi connectivity index (χ4n) is 5.49. The molecule has 3 unspecified atom stereocenters. The average Bonchev–Trinajstić information content (AvgIpc) is 2.71. The SMILES string of the molecule is CCOc1ccc(CC(C)N2CC3(C)CC2CC(C)(C)C3)cc1N. The molecule has 1 saturated heterocycles. The van der Waals surface area contributed by atoms with E-state index in [9.17, 15) is 0 Å². The molecule has 0 amide bonds. The number of benzene rings is 1. The molecule has 0 spiro atoms. The molecule has 24 heavy (non-hydrogen) atoms. The van der Waals surface area contributed by atoms with Crippen molar-refractivity contribution in [3.05, 3.63) is 23.8 Å². The van der Waals surface area contributed by atoms with Crippen molar-refractivity contribution in [2.45, 2.75) is 72.4 Å². The van der Waals surface area contributed by atoms with E-state index in [0.29, 0.717) is 23.5 Å². The third-order valence-corrected chi connectivity index (χ3v) is 5.93. The van der Waals surface area contributed by atoms with Crippen molar-refractivity contribution in [2.75, 3.05) is 18.9 Å². The van der Waals surface area contributed by atoms with Gasteiger partial charge in [-0.05, 0) is 68.1 Å². The van der Waals surface area contributed by atoms with Crippen LogP contribution in [0.1, 0.15) is 59.4 Å². The number of nitrogens with two attached hydrogens (primary N) is 1. The van der Waals surface area contributed by atoms with Crippen molar-refractivity contribution < 1.29 is 4.74 Å². The van der Waals surface area contributed by atoms with Crippen LogP contribution in [0.3, 0.4) is 0 Å². The summed E-state index contributed by atoms with van der Waals surface area (Å²) >= 11 is 0. The molecule has 1 aromatic rings. The van der Waals surface area contributed by atoms with E-state index in [1.54, 1.807) is 0 Å². The zero-order valence-electron chi connectivity index (χ0n) is 16.1. The summed E-state index contributed by atoms with van der Waals surface area (Å²) in [4.78, 5) is 2.77. The summed E-state index contributed by atoms with van der Waals surface area (Å²) in [5.41, 5.74) is 9.19. The van der Waals surface area contributed by atoms with Gasteiger partial charge in [0, 0.05) is 18.6 Å².